The van der Waals surface area contributed by atoms with Crippen molar-refractivity contribution in [1.29, 1.82) is 0 Å². The summed E-state index contributed by atoms with van der Waals surface area (Å²) in [6.45, 7) is 11.4. The third-order valence-corrected chi connectivity index (χ3v) is 3.37. The fraction of sp³-hybridized carbons (Fsp3) is 0.111. The Balaban J connectivity index is 0.000000200. The summed E-state index contributed by atoms with van der Waals surface area (Å²) in [6, 6.07) is 11.5. The largest absolute Gasteiger partial charge is 0.0985 e. The average molecular weight is 305 g/mol. The van der Waals surface area contributed by atoms with E-state index in [1.807, 2.05) is 62.4 Å². The Kier molecular flexibility index (Phi) is 6.57. The van der Waals surface area contributed by atoms with Crippen LogP contribution in [-0.4, -0.2) is 0 Å². The summed E-state index contributed by atoms with van der Waals surface area (Å²) < 4.78 is 0. The van der Waals surface area contributed by atoms with Gasteiger partial charge in [0.2, 0.25) is 0 Å². The van der Waals surface area contributed by atoms with Gasteiger partial charge < -0.3 is 0 Å². The van der Waals surface area contributed by atoms with Gasteiger partial charge in [-0.3, -0.25) is 0 Å². The van der Waals surface area contributed by atoms with Crippen LogP contribution in [0.3, 0.4) is 0 Å². The van der Waals surface area contributed by atoms with Gasteiger partial charge in [-0.2, -0.15) is 0 Å². The minimum Gasteiger partial charge on any atom is -0.0985 e. The molecule has 20 heavy (non-hydrogen) atoms. The molecule has 0 spiro atoms. The molecule has 2 aromatic rings. The highest BCUT2D eigenvalue weighted by Crippen LogP contribution is 2.16. The summed E-state index contributed by atoms with van der Waals surface area (Å²) in [5.41, 5.74) is 4.62. The van der Waals surface area contributed by atoms with Crippen LogP contribution in [0.1, 0.15) is 22.3 Å². The molecule has 0 aliphatic heterocycles. The van der Waals surface area contributed by atoms with Crippen LogP contribution < -0.4 is 0 Å². The minimum atomic E-state index is 0.781. The lowest BCUT2D eigenvalue weighted by molar-refractivity contribution is 1.45. The van der Waals surface area contributed by atoms with Gasteiger partial charge in [-0.25, -0.2) is 0 Å². The highest BCUT2D eigenvalue weighted by atomic mass is 35.5. The molecule has 0 unspecified atom stereocenters. The molecule has 2 heteroatoms. The summed E-state index contributed by atoms with van der Waals surface area (Å²) >= 11 is 11.5. The fourth-order valence-electron chi connectivity index (χ4n) is 1.74. The Morgan fingerprint density at radius 3 is 1.35 bits per heavy atom. The molecule has 104 valence electrons. The molecule has 0 saturated carbocycles. The summed E-state index contributed by atoms with van der Waals surface area (Å²) in [5.74, 6) is 0. The number of hydrogen-bond acceptors (Lipinski definition) is 0. The van der Waals surface area contributed by atoms with Gasteiger partial charge in [0.05, 0.1) is 0 Å². The maximum atomic E-state index is 5.74. The second-order valence-corrected chi connectivity index (χ2v) is 5.28. The normalized spacial score (nSPS) is 9.40. The second kappa shape index (κ2) is 7.94. The quantitative estimate of drug-likeness (QED) is 0.587. The molecule has 0 atom stereocenters. The SMILES string of the molecule is C=Cc1ccc(Cl)cc1C.C=Cc1ccc(Cl)cc1C. The Bertz CT molecular complexity index is 557. The van der Waals surface area contributed by atoms with Crippen molar-refractivity contribution >= 4 is 35.4 Å². The fourth-order valence-corrected chi connectivity index (χ4v) is 2.19. The van der Waals surface area contributed by atoms with Crippen LogP contribution in [0.25, 0.3) is 12.2 Å². The van der Waals surface area contributed by atoms with Crippen molar-refractivity contribution < 1.29 is 0 Å². The molecule has 0 aliphatic rings. The van der Waals surface area contributed by atoms with E-state index < -0.39 is 0 Å². The molecular formula is C18H18Cl2. The van der Waals surface area contributed by atoms with Crippen molar-refractivity contribution in [2.24, 2.45) is 0 Å². The predicted molar refractivity (Wildman–Crippen MR) is 92.6 cm³/mol. The smallest absolute Gasteiger partial charge is 0.0409 e. The molecule has 0 bridgehead atoms. The summed E-state index contributed by atoms with van der Waals surface area (Å²) in [7, 11) is 0. The van der Waals surface area contributed by atoms with Crippen LogP contribution in [0.4, 0.5) is 0 Å². The van der Waals surface area contributed by atoms with E-state index in [1.165, 1.54) is 11.1 Å². The van der Waals surface area contributed by atoms with Crippen LogP contribution in [-0.2, 0) is 0 Å². The second-order valence-electron chi connectivity index (χ2n) is 4.41. The average Bonchev–Trinajstić information content (AvgIpc) is 2.40. The Morgan fingerprint density at radius 2 is 1.10 bits per heavy atom. The van der Waals surface area contributed by atoms with E-state index in [0.29, 0.717) is 0 Å². The van der Waals surface area contributed by atoms with E-state index in [2.05, 4.69) is 13.2 Å². The first-order valence-corrected chi connectivity index (χ1v) is 7.00. The molecular weight excluding hydrogens is 287 g/mol. The van der Waals surface area contributed by atoms with E-state index in [9.17, 15) is 0 Å². The van der Waals surface area contributed by atoms with Crippen LogP contribution in [0, 0.1) is 13.8 Å². The van der Waals surface area contributed by atoms with Gasteiger partial charge >= 0.3 is 0 Å². The van der Waals surface area contributed by atoms with Crippen molar-refractivity contribution in [3.05, 3.63) is 81.9 Å². The van der Waals surface area contributed by atoms with Crippen LogP contribution in [0.2, 0.25) is 10.0 Å². The van der Waals surface area contributed by atoms with Gasteiger partial charge in [0.15, 0.2) is 0 Å². The van der Waals surface area contributed by atoms with Crippen molar-refractivity contribution in [2.75, 3.05) is 0 Å². The van der Waals surface area contributed by atoms with Gasteiger partial charge in [-0.1, -0.05) is 60.6 Å². The first-order chi connectivity index (χ1) is 9.47. The van der Waals surface area contributed by atoms with E-state index in [-0.39, 0.29) is 0 Å². The van der Waals surface area contributed by atoms with Crippen molar-refractivity contribution in [3.8, 4) is 0 Å². The number of benzene rings is 2. The Morgan fingerprint density at radius 1 is 0.750 bits per heavy atom. The number of hydrogen-bond donors (Lipinski definition) is 0. The van der Waals surface area contributed by atoms with E-state index >= 15 is 0 Å². The molecule has 2 aromatic carbocycles. The summed E-state index contributed by atoms with van der Waals surface area (Å²) in [5, 5.41) is 1.56. The molecule has 0 heterocycles. The van der Waals surface area contributed by atoms with Crippen molar-refractivity contribution in [2.45, 2.75) is 13.8 Å². The van der Waals surface area contributed by atoms with Gasteiger partial charge in [0.1, 0.15) is 0 Å². The third kappa shape index (κ3) is 4.88. The van der Waals surface area contributed by atoms with Gasteiger partial charge in [-0.15, -0.1) is 0 Å². The van der Waals surface area contributed by atoms with Crippen LogP contribution in [0.15, 0.2) is 49.6 Å². The Labute approximate surface area is 131 Å². The van der Waals surface area contributed by atoms with Crippen molar-refractivity contribution in [3.63, 3.8) is 0 Å². The zero-order valence-electron chi connectivity index (χ0n) is 11.8. The van der Waals surface area contributed by atoms with Gasteiger partial charge in [0.25, 0.3) is 0 Å². The highest BCUT2D eigenvalue weighted by Gasteiger charge is 1.93. The lowest BCUT2D eigenvalue weighted by Crippen LogP contribution is -1.77. The van der Waals surface area contributed by atoms with Gasteiger partial charge in [-0.05, 0) is 60.4 Å². The zero-order chi connectivity index (χ0) is 15.1. The van der Waals surface area contributed by atoms with Crippen LogP contribution in [0.5, 0.6) is 0 Å². The molecule has 0 aromatic heterocycles. The summed E-state index contributed by atoms with van der Waals surface area (Å²) in [6.07, 6.45) is 3.65. The molecule has 0 radical (unpaired) electrons. The number of aryl methyl sites for hydroxylation is 2. The molecule has 0 saturated heterocycles. The topological polar surface area (TPSA) is 0 Å². The monoisotopic (exact) mass is 304 g/mol. The molecule has 0 N–H and O–H groups in total. The summed E-state index contributed by atoms with van der Waals surface area (Å²) in [4.78, 5) is 0. The molecule has 2 rings (SSSR count). The minimum absolute atomic E-state index is 0.781. The van der Waals surface area contributed by atoms with Gasteiger partial charge in [0, 0.05) is 10.0 Å². The Hall–Kier alpha value is -1.50. The number of rotatable bonds is 2. The van der Waals surface area contributed by atoms with E-state index in [4.69, 9.17) is 23.2 Å². The number of halogens is 2. The maximum Gasteiger partial charge on any atom is 0.0409 e. The van der Waals surface area contributed by atoms with E-state index in [1.54, 1.807) is 0 Å². The molecule has 0 amide bonds. The first-order valence-electron chi connectivity index (χ1n) is 6.25. The van der Waals surface area contributed by atoms with Crippen molar-refractivity contribution in [1.82, 2.24) is 0 Å². The predicted octanol–water partition coefficient (Wildman–Crippen LogP) is 6.58. The molecule has 0 fully saturated rings. The van der Waals surface area contributed by atoms with Crippen LogP contribution >= 0.6 is 23.2 Å². The molecule has 0 nitrogen and oxygen atoms in total. The third-order valence-electron chi connectivity index (χ3n) is 2.90. The van der Waals surface area contributed by atoms with E-state index in [0.717, 1.165) is 21.2 Å². The molecule has 0 aliphatic carbocycles. The standard InChI is InChI=1S/2C9H9Cl/c2*1-3-8-4-5-9(10)6-7(8)2/h2*3-6H,1H2,2H3. The highest BCUT2D eigenvalue weighted by molar-refractivity contribution is 6.31. The first kappa shape index (κ1) is 16.6. The maximum absolute atomic E-state index is 5.74. The zero-order valence-corrected chi connectivity index (χ0v) is 13.3. The lowest BCUT2D eigenvalue weighted by Gasteiger charge is -1.98. The lowest BCUT2D eigenvalue weighted by atomic mass is 10.1.